The van der Waals surface area contributed by atoms with Crippen molar-refractivity contribution >= 4 is 17.1 Å². The van der Waals surface area contributed by atoms with E-state index < -0.39 is 0 Å². The Morgan fingerprint density at radius 1 is 1.33 bits per heavy atom. The van der Waals surface area contributed by atoms with Crippen LogP contribution in [0.5, 0.6) is 0 Å². The maximum atomic E-state index is 13.9. The highest BCUT2D eigenvalue weighted by Gasteiger charge is 2.17. The van der Waals surface area contributed by atoms with Crippen LogP contribution >= 0.6 is 11.6 Å². The van der Waals surface area contributed by atoms with Crippen LogP contribution in [-0.4, -0.2) is 9.61 Å². The summed E-state index contributed by atoms with van der Waals surface area (Å²) in [6.07, 6.45) is 3.98. The van der Waals surface area contributed by atoms with Gasteiger partial charge in [-0.15, -0.1) is 0 Å². The van der Waals surface area contributed by atoms with Gasteiger partial charge < -0.3 is 0 Å². The van der Waals surface area contributed by atoms with Gasteiger partial charge in [0.15, 0.2) is 0 Å². The van der Waals surface area contributed by atoms with E-state index in [1.165, 1.54) is 12.1 Å². The van der Waals surface area contributed by atoms with Crippen LogP contribution in [0.4, 0.5) is 4.39 Å². The molecule has 2 heterocycles. The molecule has 4 nitrogen and oxygen atoms in total. The number of pyridine rings is 1. The van der Waals surface area contributed by atoms with Crippen molar-refractivity contribution in [3.8, 4) is 0 Å². The van der Waals surface area contributed by atoms with Gasteiger partial charge in [-0.2, -0.15) is 5.10 Å². The van der Waals surface area contributed by atoms with E-state index in [0.717, 1.165) is 11.1 Å². The van der Waals surface area contributed by atoms with Crippen LogP contribution in [0, 0.1) is 5.82 Å². The average Bonchev–Trinajstić information content (AvgIpc) is 2.92. The fourth-order valence-electron chi connectivity index (χ4n) is 2.40. The Kier molecular flexibility index (Phi) is 3.88. The van der Waals surface area contributed by atoms with Crippen molar-refractivity contribution in [3.63, 3.8) is 0 Å². The molecule has 3 aromatic rings. The first-order valence-electron chi connectivity index (χ1n) is 6.51. The van der Waals surface area contributed by atoms with Crippen molar-refractivity contribution in [1.29, 1.82) is 0 Å². The van der Waals surface area contributed by atoms with Gasteiger partial charge in [-0.1, -0.05) is 17.7 Å². The number of nitrogens with zero attached hydrogens (tertiary/aromatic N) is 2. The van der Waals surface area contributed by atoms with Gasteiger partial charge in [0, 0.05) is 16.8 Å². The molecule has 0 aliphatic rings. The second kappa shape index (κ2) is 5.81. The zero-order valence-corrected chi connectivity index (χ0v) is 11.9. The Bertz CT molecular complexity index is 771. The molecule has 2 aromatic heterocycles. The molecular formula is C15H14ClFN4. The minimum absolute atomic E-state index is 0.252. The van der Waals surface area contributed by atoms with Crippen LogP contribution in [0.15, 0.2) is 48.8 Å². The molecule has 0 saturated carbocycles. The second-order valence-corrected chi connectivity index (χ2v) is 5.23. The number of halogens is 2. The van der Waals surface area contributed by atoms with Crippen LogP contribution < -0.4 is 11.3 Å². The van der Waals surface area contributed by atoms with E-state index in [1.54, 1.807) is 16.8 Å². The minimum atomic E-state index is -0.295. The SMILES string of the molecule is NNC(Cc1cc(Cl)ccc1F)c1cnn2ccccc12. The molecule has 0 fully saturated rings. The van der Waals surface area contributed by atoms with Crippen molar-refractivity contribution in [2.24, 2.45) is 5.84 Å². The second-order valence-electron chi connectivity index (χ2n) is 4.79. The lowest BCUT2D eigenvalue weighted by Crippen LogP contribution is -2.29. The minimum Gasteiger partial charge on any atom is -0.271 e. The van der Waals surface area contributed by atoms with E-state index in [9.17, 15) is 4.39 Å². The van der Waals surface area contributed by atoms with Gasteiger partial charge in [-0.25, -0.2) is 8.91 Å². The summed E-state index contributed by atoms with van der Waals surface area (Å²) in [5.74, 6) is 5.35. The van der Waals surface area contributed by atoms with Crippen molar-refractivity contribution in [2.45, 2.75) is 12.5 Å². The third-order valence-electron chi connectivity index (χ3n) is 3.46. The van der Waals surface area contributed by atoms with E-state index in [1.807, 2.05) is 24.4 Å². The quantitative estimate of drug-likeness (QED) is 0.575. The van der Waals surface area contributed by atoms with E-state index in [4.69, 9.17) is 17.4 Å². The Morgan fingerprint density at radius 2 is 2.19 bits per heavy atom. The van der Waals surface area contributed by atoms with Gasteiger partial charge in [-0.05, 0) is 42.3 Å². The van der Waals surface area contributed by atoms with E-state index in [0.29, 0.717) is 17.0 Å². The number of hydrazine groups is 1. The number of hydrogen-bond acceptors (Lipinski definition) is 3. The first-order valence-corrected chi connectivity index (χ1v) is 6.89. The topological polar surface area (TPSA) is 55.3 Å². The van der Waals surface area contributed by atoms with Gasteiger partial charge in [-0.3, -0.25) is 11.3 Å². The van der Waals surface area contributed by atoms with Gasteiger partial charge in [0.2, 0.25) is 0 Å². The molecule has 1 unspecified atom stereocenters. The summed E-state index contributed by atoms with van der Waals surface area (Å²) in [4.78, 5) is 0. The molecule has 0 saturated heterocycles. The molecule has 0 radical (unpaired) electrons. The first kappa shape index (κ1) is 14.0. The molecule has 3 rings (SSSR count). The summed E-state index contributed by atoms with van der Waals surface area (Å²) < 4.78 is 15.6. The number of nitrogens with one attached hydrogen (secondary N) is 1. The lowest BCUT2D eigenvalue weighted by molar-refractivity contribution is 0.531. The van der Waals surface area contributed by atoms with E-state index in [2.05, 4.69) is 10.5 Å². The summed E-state index contributed by atoms with van der Waals surface area (Å²) in [7, 11) is 0. The molecular weight excluding hydrogens is 291 g/mol. The molecule has 0 spiro atoms. The lowest BCUT2D eigenvalue weighted by Gasteiger charge is -2.15. The average molecular weight is 305 g/mol. The Balaban J connectivity index is 1.97. The molecule has 21 heavy (non-hydrogen) atoms. The summed E-state index contributed by atoms with van der Waals surface area (Å²) >= 11 is 5.93. The van der Waals surface area contributed by atoms with Crippen LogP contribution in [0.3, 0.4) is 0 Å². The maximum Gasteiger partial charge on any atom is 0.126 e. The Morgan fingerprint density at radius 3 is 3.00 bits per heavy atom. The molecule has 0 aliphatic carbocycles. The van der Waals surface area contributed by atoms with Crippen molar-refractivity contribution in [1.82, 2.24) is 15.0 Å². The Hall–Kier alpha value is -1.95. The van der Waals surface area contributed by atoms with Gasteiger partial charge in [0.05, 0.1) is 17.8 Å². The number of aromatic nitrogens is 2. The van der Waals surface area contributed by atoms with E-state index in [-0.39, 0.29) is 11.9 Å². The molecule has 3 N–H and O–H groups in total. The highest BCUT2D eigenvalue weighted by atomic mass is 35.5. The van der Waals surface area contributed by atoms with Gasteiger partial charge in [0.25, 0.3) is 0 Å². The van der Waals surface area contributed by atoms with Crippen LogP contribution in [0.25, 0.3) is 5.52 Å². The molecule has 108 valence electrons. The molecule has 0 amide bonds. The normalized spacial score (nSPS) is 12.7. The van der Waals surface area contributed by atoms with Crippen molar-refractivity contribution < 1.29 is 4.39 Å². The number of rotatable bonds is 4. The number of hydrogen-bond donors (Lipinski definition) is 2. The fraction of sp³-hybridized carbons (Fsp3) is 0.133. The number of nitrogens with two attached hydrogens (primary N) is 1. The molecule has 1 atom stereocenters. The standard InChI is InChI=1S/C15H14ClFN4/c16-11-4-5-13(17)10(7-11)8-14(20-18)12-9-19-21-6-2-1-3-15(12)21/h1-7,9,14,20H,8,18H2. The van der Waals surface area contributed by atoms with Crippen LogP contribution in [0.2, 0.25) is 5.02 Å². The highest BCUT2D eigenvalue weighted by molar-refractivity contribution is 6.30. The Labute approximate surface area is 126 Å². The van der Waals surface area contributed by atoms with Gasteiger partial charge in [0.1, 0.15) is 5.82 Å². The molecule has 0 aliphatic heterocycles. The number of fused-ring (bicyclic) bond motifs is 1. The zero-order chi connectivity index (χ0) is 14.8. The largest absolute Gasteiger partial charge is 0.271 e. The zero-order valence-electron chi connectivity index (χ0n) is 11.1. The monoisotopic (exact) mass is 304 g/mol. The third-order valence-corrected chi connectivity index (χ3v) is 3.70. The van der Waals surface area contributed by atoms with E-state index >= 15 is 0 Å². The van der Waals surface area contributed by atoms with Gasteiger partial charge >= 0.3 is 0 Å². The van der Waals surface area contributed by atoms with Crippen LogP contribution in [-0.2, 0) is 6.42 Å². The summed E-state index contributed by atoms with van der Waals surface area (Å²) in [6.45, 7) is 0. The maximum absolute atomic E-state index is 13.9. The van der Waals surface area contributed by atoms with Crippen molar-refractivity contribution in [3.05, 3.63) is 70.8 Å². The number of benzene rings is 1. The molecule has 0 bridgehead atoms. The highest BCUT2D eigenvalue weighted by Crippen LogP contribution is 2.24. The predicted octanol–water partition coefficient (Wildman–Crippen LogP) is 2.87. The third kappa shape index (κ3) is 2.76. The smallest absolute Gasteiger partial charge is 0.126 e. The van der Waals surface area contributed by atoms with Crippen molar-refractivity contribution in [2.75, 3.05) is 0 Å². The molecule has 1 aromatic carbocycles. The summed E-state index contributed by atoms with van der Waals surface area (Å²) in [5, 5.41) is 4.77. The summed E-state index contributed by atoms with van der Waals surface area (Å²) in [5.41, 5.74) is 5.09. The molecule has 6 heteroatoms. The predicted molar refractivity (Wildman–Crippen MR) is 80.4 cm³/mol. The lowest BCUT2D eigenvalue weighted by atomic mass is 10.00. The first-order chi connectivity index (χ1) is 10.2. The van der Waals surface area contributed by atoms with Crippen LogP contribution in [0.1, 0.15) is 17.2 Å². The summed E-state index contributed by atoms with van der Waals surface area (Å²) in [6, 6.07) is 10.0. The fourth-order valence-corrected chi connectivity index (χ4v) is 2.60.